The van der Waals surface area contributed by atoms with E-state index in [1.54, 1.807) is 0 Å². The molecule has 1 fully saturated rings. The van der Waals surface area contributed by atoms with Crippen molar-refractivity contribution in [1.29, 1.82) is 0 Å². The lowest BCUT2D eigenvalue weighted by atomic mass is 10.4. The molecule has 0 aromatic rings. The van der Waals surface area contributed by atoms with E-state index < -0.39 is 27.7 Å². The average molecular weight is 224 g/mol. The number of carboxylic acid groups (broad SMARTS) is 1. The molecule has 14 heavy (non-hydrogen) atoms. The van der Waals surface area contributed by atoms with E-state index in [0.717, 1.165) is 0 Å². The number of carbonyl (C=O) groups is 1. The van der Waals surface area contributed by atoms with Crippen molar-refractivity contribution in [3.63, 3.8) is 0 Å². The molecule has 0 amide bonds. The molecule has 0 aliphatic carbocycles. The normalized spacial score (nSPS) is 23.3. The van der Waals surface area contributed by atoms with Crippen molar-refractivity contribution in [2.45, 2.75) is 6.10 Å². The van der Waals surface area contributed by atoms with E-state index in [-0.39, 0.29) is 12.4 Å². The molecule has 6 nitrogen and oxygen atoms in total. The lowest BCUT2D eigenvalue weighted by Gasteiger charge is -2.22. The Kier molecular flexibility index (Phi) is 3.85. The Morgan fingerprint density at radius 1 is 1.43 bits per heavy atom. The lowest BCUT2D eigenvalue weighted by Crippen LogP contribution is -2.36. The molecule has 0 aromatic heterocycles. The number of carboxylic acids is 1. The molecule has 7 heteroatoms. The molecular weight excluding hydrogens is 212 g/mol. The van der Waals surface area contributed by atoms with Gasteiger partial charge in [0.15, 0.2) is 9.84 Å². The Labute approximate surface area is 81.7 Å². The van der Waals surface area contributed by atoms with Crippen LogP contribution in [0.2, 0.25) is 0 Å². The summed E-state index contributed by atoms with van der Waals surface area (Å²) in [7, 11) is -3.58. The van der Waals surface area contributed by atoms with Crippen LogP contribution in [0.1, 0.15) is 0 Å². The van der Waals surface area contributed by atoms with E-state index in [1.807, 2.05) is 0 Å². The van der Waals surface area contributed by atoms with Crippen LogP contribution >= 0.6 is 0 Å². The van der Waals surface area contributed by atoms with E-state index in [9.17, 15) is 13.2 Å². The zero-order valence-electron chi connectivity index (χ0n) is 7.51. The SMILES string of the molecule is O=C(O)CS(=O)(=O)CC1COCCO1. The average Bonchev–Trinajstić information content (AvgIpc) is 2.02. The maximum atomic E-state index is 11.2. The molecule has 1 unspecified atom stereocenters. The van der Waals surface area contributed by atoms with E-state index in [2.05, 4.69) is 0 Å². The molecule has 1 N–H and O–H groups in total. The van der Waals surface area contributed by atoms with Crippen molar-refractivity contribution in [3.05, 3.63) is 0 Å². The van der Waals surface area contributed by atoms with E-state index in [0.29, 0.717) is 13.2 Å². The number of aliphatic carboxylic acids is 1. The van der Waals surface area contributed by atoms with Crippen molar-refractivity contribution >= 4 is 15.8 Å². The molecule has 1 saturated heterocycles. The van der Waals surface area contributed by atoms with Crippen LogP contribution < -0.4 is 0 Å². The van der Waals surface area contributed by atoms with Crippen LogP contribution in [0.3, 0.4) is 0 Å². The standard InChI is InChI=1S/C7H12O6S/c8-7(9)5-14(10,11)4-6-3-12-1-2-13-6/h6H,1-5H2,(H,8,9). The quantitative estimate of drug-likeness (QED) is 0.652. The largest absolute Gasteiger partial charge is 0.480 e. The van der Waals surface area contributed by atoms with Gasteiger partial charge in [0.25, 0.3) is 0 Å². The number of hydrogen-bond acceptors (Lipinski definition) is 5. The van der Waals surface area contributed by atoms with Gasteiger partial charge in [0.1, 0.15) is 5.75 Å². The van der Waals surface area contributed by atoms with Crippen molar-refractivity contribution < 1.29 is 27.8 Å². The molecule has 0 spiro atoms. The second kappa shape index (κ2) is 4.72. The number of hydrogen-bond donors (Lipinski definition) is 1. The molecule has 82 valence electrons. The molecule has 1 rings (SSSR count). The van der Waals surface area contributed by atoms with Crippen molar-refractivity contribution in [1.82, 2.24) is 0 Å². The molecule has 1 aliphatic heterocycles. The zero-order valence-corrected chi connectivity index (χ0v) is 8.33. The van der Waals surface area contributed by atoms with Crippen LogP contribution in [0.5, 0.6) is 0 Å². The van der Waals surface area contributed by atoms with Gasteiger partial charge < -0.3 is 14.6 Å². The first-order valence-electron chi connectivity index (χ1n) is 4.11. The first-order valence-corrected chi connectivity index (χ1v) is 5.93. The Morgan fingerprint density at radius 3 is 2.64 bits per heavy atom. The maximum absolute atomic E-state index is 11.2. The van der Waals surface area contributed by atoms with Crippen molar-refractivity contribution in [3.8, 4) is 0 Å². The zero-order chi connectivity index (χ0) is 10.6. The molecule has 0 aromatic carbocycles. The summed E-state index contributed by atoms with van der Waals surface area (Å²) in [5, 5.41) is 8.33. The summed E-state index contributed by atoms with van der Waals surface area (Å²) in [4.78, 5) is 10.2. The molecule has 0 radical (unpaired) electrons. The number of sulfone groups is 1. The number of ether oxygens (including phenoxy) is 2. The number of rotatable bonds is 4. The minimum atomic E-state index is -3.58. The summed E-state index contributed by atoms with van der Waals surface area (Å²) in [6, 6.07) is 0. The predicted molar refractivity (Wildman–Crippen MR) is 46.8 cm³/mol. The van der Waals surface area contributed by atoms with Crippen LogP contribution in [0.4, 0.5) is 0 Å². The van der Waals surface area contributed by atoms with Crippen molar-refractivity contribution in [2.75, 3.05) is 31.3 Å². The molecule has 1 heterocycles. The van der Waals surface area contributed by atoms with Gasteiger partial charge in [0, 0.05) is 0 Å². The smallest absolute Gasteiger partial charge is 0.318 e. The summed E-state index contributed by atoms with van der Waals surface area (Å²) in [6.07, 6.45) is -0.534. The highest BCUT2D eigenvalue weighted by atomic mass is 32.2. The Morgan fingerprint density at radius 2 is 2.14 bits per heavy atom. The Hall–Kier alpha value is -0.660. The third kappa shape index (κ3) is 4.03. The topological polar surface area (TPSA) is 89.9 Å². The van der Waals surface area contributed by atoms with E-state index in [4.69, 9.17) is 14.6 Å². The second-order valence-electron chi connectivity index (χ2n) is 3.02. The van der Waals surface area contributed by atoms with Gasteiger partial charge in [-0.3, -0.25) is 4.79 Å². The fourth-order valence-corrected chi connectivity index (χ4v) is 2.42. The highest BCUT2D eigenvalue weighted by Gasteiger charge is 2.24. The van der Waals surface area contributed by atoms with Gasteiger partial charge >= 0.3 is 5.97 Å². The molecule has 1 aliphatic rings. The summed E-state index contributed by atoms with van der Waals surface area (Å²) in [6.45, 7) is 1.02. The molecule has 1 atom stereocenters. The fourth-order valence-electron chi connectivity index (χ4n) is 1.16. The molecule has 0 bridgehead atoms. The third-order valence-electron chi connectivity index (χ3n) is 1.67. The van der Waals surface area contributed by atoms with Gasteiger partial charge in [-0.2, -0.15) is 0 Å². The minimum absolute atomic E-state index is 0.207. The Bertz CT molecular complexity index is 289. The lowest BCUT2D eigenvalue weighted by molar-refractivity contribution is -0.134. The van der Waals surface area contributed by atoms with Gasteiger partial charge in [0.05, 0.1) is 31.7 Å². The second-order valence-corrected chi connectivity index (χ2v) is 5.13. The van der Waals surface area contributed by atoms with Crippen LogP contribution in [0.15, 0.2) is 0 Å². The highest BCUT2D eigenvalue weighted by Crippen LogP contribution is 2.04. The van der Waals surface area contributed by atoms with Crippen molar-refractivity contribution in [2.24, 2.45) is 0 Å². The monoisotopic (exact) mass is 224 g/mol. The van der Waals surface area contributed by atoms with E-state index >= 15 is 0 Å². The van der Waals surface area contributed by atoms with Crippen LogP contribution in [-0.4, -0.2) is 56.9 Å². The van der Waals surface area contributed by atoms with Gasteiger partial charge in [-0.1, -0.05) is 0 Å². The summed E-state index contributed by atoms with van der Waals surface area (Å²) in [5.41, 5.74) is 0. The fraction of sp³-hybridized carbons (Fsp3) is 0.857. The molecule has 0 saturated carbocycles. The first-order chi connectivity index (χ1) is 6.49. The highest BCUT2D eigenvalue weighted by molar-refractivity contribution is 7.92. The van der Waals surface area contributed by atoms with Crippen LogP contribution in [0, 0.1) is 0 Å². The van der Waals surface area contributed by atoms with Gasteiger partial charge in [-0.25, -0.2) is 8.42 Å². The van der Waals surface area contributed by atoms with E-state index in [1.165, 1.54) is 0 Å². The van der Waals surface area contributed by atoms with Gasteiger partial charge in [-0.15, -0.1) is 0 Å². The molecular formula is C7H12O6S. The van der Waals surface area contributed by atoms with Gasteiger partial charge in [-0.05, 0) is 0 Å². The first kappa shape index (κ1) is 11.4. The summed E-state index contributed by atoms with van der Waals surface area (Å²) >= 11 is 0. The summed E-state index contributed by atoms with van der Waals surface area (Å²) < 4.78 is 32.5. The summed E-state index contributed by atoms with van der Waals surface area (Å²) in [5.74, 6) is -2.49. The Balaban J connectivity index is 2.45. The van der Waals surface area contributed by atoms with Crippen LogP contribution in [0.25, 0.3) is 0 Å². The van der Waals surface area contributed by atoms with Gasteiger partial charge in [0.2, 0.25) is 0 Å². The van der Waals surface area contributed by atoms with Crippen LogP contribution in [-0.2, 0) is 24.1 Å². The maximum Gasteiger partial charge on any atom is 0.318 e. The third-order valence-corrected chi connectivity index (χ3v) is 3.23. The predicted octanol–water partition coefficient (Wildman–Crippen LogP) is -1.10. The minimum Gasteiger partial charge on any atom is -0.480 e.